The summed E-state index contributed by atoms with van der Waals surface area (Å²) in [6.07, 6.45) is -6.97. The van der Waals surface area contributed by atoms with Crippen molar-refractivity contribution in [3.63, 3.8) is 0 Å². The van der Waals surface area contributed by atoms with Crippen molar-refractivity contribution >= 4 is 5.97 Å². The van der Waals surface area contributed by atoms with E-state index in [1.807, 2.05) is 30.3 Å². The Balaban J connectivity index is 2.09. The molecule has 0 spiro atoms. The van der Waals surface area contributed by atoms with Gasteiger partial charge in [0.2, 0.25) is 0 Å². The number of carbonyl (C=O) groups is 1. The van der Waals surface area contributed by atoms with Gasteiger partial charge in [0.15, 0.2) is 0 Å². The third-order valence-electron chi connectivity index (χ3n) is 3.48. The van der Waals surface area contributed by atoms with Gasteiger partial charge in [-0.25, -0.2) is 4.79 Å². The number of ether oxygens (including phenoxy) is 1. The summed E-state index contributed by atoms with van der Waals surface area (Å²) < 4.78 is 78.6. The lowest BCUT2D eigenvalue weighted by Crippen LogP contribution is -2.45. The second-order valence-electron chi connectivity index (χ2n) is 5.61. The van der Waals surface area contributed by atoms with Crippen LogP contribution in [0.4, 0.5) is 26.3 Å². The number of rotatable bonds is 4. The molecule has 1 aliphatic carbocycles. The molecule has 0 heterocycles. The molecular weight excluding hydrogens is 374 g/mol. The zero-order valence-corrected chi connectivity index (χ0v) is 13.7. The van der Waals surface area contributed by atoms with Gasteiger partial charge in [-0.05, 0) is 29.7 Å². The van der Waals surface area contributed by atoms with Gasteiger partial charge >= 0.3 is 18.3 Å². The van der Waals surface area contributed by atoms with Crippen LogP contribution in [0, 0.1) is 0 Å². The molecule has 27 heavy (non-hydrogen) atoms. The Morgan fingerprint density at radius 3 is 2.07 bits per heavy atom. The Morgan fingerprint density at radius 1 is 0.889 bits per heavy atom. The second kappa shape index (κ2) is 8.28. The molecule has 0 bridgehead atoms. The van der Waals surface area contributed by atoms with Gasteiger partial charge in [-0.1, -0.05) is 54.6 Å². The molecule has 0 saturated carbocycles. The Hall–Kier alpha value is -2.77. The average molecular weight is 388 g/mol. The monoisotopic (exact) mass is 388 g/mol. The van der Waals surface area contributed by atoms with Gasteiger partial charge in [0.25, 0.3) is 6.10 Å². The van der Waals surface area contributed by atoms with Gasteiger partial charge < -0.3 is 4.74 Å². The molecule has 2 rings (SSSR count). The predicted octanol–water partition coefficient (Wildman–Crippen LogP) is 5.24. The highest BCUT2D eigenvalue weighted by Crippen LogP contribution is 2.36. The fourth-order valence-corrected chi connectivity index (χ4v) is 2.24. The summed E-state index contributed by atoms with van der Waals surface area (Å²) in [5, 5.41) is 0. The Morgan fingerprint density at radius 2 is 1.48 bits per heavy atom. The number of hydrogen-bond donors (Lipinski definition) is 0. The first-order valence-electron chi connectivity index (χ1n) is 7.71. The van der Waals surface area contributed by atoms with Crippen molar-refractivity contribution in [2.75, 3.05) is 0 Å². The lowest BCUT2D eigenvalue weighted by Gasteiger charge is -2.22. The van der Waals surface area contributed by atoms with Crippen LogP contribution in [0.5, 0.6) is 0 Å². The second-order valence-corrected chi connectivity index (χ2v) is 5.61. The molecule has 1 aromatic rings. The average Bonchev–Trinajstić information content (AvgIpc) is 2.53. The van der Waals surface area contributed by atoms with Crippen LogP contribution in [0.15, 0.2) is 77.9 Å². The summed E-state index contributed by atoms with van der Waals surface area (Å²) in [5.41, 5.74) is 1.42. The standard InChI is InChI=1S/C19H14F6O2/c20-18(21,22)17(19(23,24)25)27-16(26)15-10-4-8-14(9-5-11-15)12-13-6-2-1-3-7-13/h1-11,17H,12H2/b8-4-,9-5?,10-4?,11-5?,14-8?,14-9+,15-10?,15-11?. The molecule has 0 radical (unpaired) electrons. The SMILES string of the molecule is O=C(OC(C(F)(F)F)C(F)(F)F)C1=C/C=C\C(Cc2ccccc2)=C/C=C1. The maximum Gasteiger partial charge on any atom is 0.434 e. The van der Waals surface area contributed by atoms with Crippen LogP contribution in [0.2, 0.25) is 0 Å². The Kier molecular flexibility index (Phi) is 6.30. The molecule has 0 amide bonds. The molecule has 2 nitrogen and oxygen atoms in total. The van der Waals surface area contributed by atoms with Crippen molar-refractivity contribution < 1.29 is 35.9 Å². The van der Waals surface area contributed by atoms with E-state index in [0.717, 1.165) is 23.3 Å². The number of allylic oxidation sites excluding steroid dienone is 6. The highest BCUT2D eigenvalue weighted by Gasteiger charge is 2.59. The van der Waals surface area contributed by atoms with Gasteiger partial charge in [-0.15, -0.1) is 0 Å². The fourth-order valence-electron chi connectivity index (χ4n) is 2.24. The van der Waals surface area contributed by atoms with Crippen LogP contribution in [0.1, 0.15) is 5.56 Å². The van der Waals surface area contributed by atoms with Crippen molar-refractivity contribution in [1.82, 2.24) is 0 Å². The number of alkyl halides is 6. The van der Waals surface area contributed by atoms with Crippen LogP contribution >= 0.6 is 0 Å². The molecule has 0 fully saturated rings. The van der Waals surface area contributed by atoms with E-state index in [0.29, 0.717) is 6.42 Å². The van der Waals surface area contributed by atoms with Crippen molar-refractivity contribution in [1.29, 1.82) is 0 Å². The number of hydrogen-bond acceptors (Lipinski definition) is 2. The zero-order chi connectivity index (χ0) is 20.1. The first-order valence-corrected chi connectivity index (χ1v) is 7.71. The maximum atomic E-state index is 12.5. The molecule has 144 valence electrons. The van der Waals surface area contributed by atoms with E-state index in [1.165, 1.54) is 12.2 Å². The quantitative estimate of drug-likeness (QED) is 0.521. The third kappa shape index (κ3) is 6.16. The Bertz CT molecular complexity index is 769. The van der Waals surface area contributed by atoms with Crippen molar-refractivity contribution in [3.8, 4) is 0 Å². The topological polar surface area (TPSA) is 26.3 Å². The number of benzene rings is 1. The first kappa shape index (κ1) is 20.5. The predicted molar refractivity (Wildman–Crippen MR) is 86.6 cm³/mol. The summed E-state index contributed by atoms with van der Waals surface area (Å²) in [6.45, 7) is 0. The smallest absolute Gasteiger partial charge is 0.434 e. The van der Waals surface area contributed by atoms with Crippen molar-refractivity contribution in [2.45, 2.75) is 24.9 Å². The van der Waals surface area contributed by atoms with Crippen LogP contribution < -0.4 is 0 Å². The normalized spacial score (nSPS) is 18.2. The fraction of sp³-hybridized carbons (Fsp3) is 0.211. The molecule has 0 aromatic heterocycles. The van der Waals surface area contributed by atoms with E-state index in [1.54, 1.807) is 12.2 Å². The molecule has 1 aliphatic rings. The van der Waals surface area contributed by atoms with Crippen LogP contribution in [0.25, 0.3) is 0 Å². The van der Waals surface area contributed by atoms with E-state index >= 15 is 0 Å². The first-order chi connectivity index (χ1) is 12.6. The van der Waals surface area contributed by atoms with Gasteiger partial charge in [-0.2, -0.15) is 26.3 Å². The maximum absolute atomic E-state index is 12.5. The zero-order valence-electron chi connectivity index (χ0n) is 13.7. The third-order valence-corrected chi connectivity index (χ3v) is 3.48. The van der Waals surface area contributed by atoms with E-state index in [9.17, 15) is 31.1 Å². The summed E-state index contributed by atoms with van der Waals surface area (Å²) in [6, 6.07) is 9.41. The molecule has 0 atom stereocenters. The number of esters is 1. The molecule has 0 N–H and O–H groups in total. The Labute approximate surface area is 151 Å². The van der Waals surface area contributed by atoms with Crippen LogP contribution in [-0.4, -0.2) is 24.4 Å². The number of halogens is 6. The van der Waals surface area contributed by atoms with E-state index in [-0.39, 0.29) is 0 Å². The molecule has 0 saturated heterocycles. The number of carbonyl (C=O) groups excluding carboxylic acids is 1. The summed E-state index contributed by atoms with van der Waals surface area (Å²) >= 11 is 0. The molecule has 0 aliphatic heterocycles. The van der Waals surface area contributed by atoms with Crippen LogP contribution in [-0.2, 0) is 16.0 Å². The van der Waals surface area contributed by atoms with Gasteiger partial charge in [0, 0.05) is 0 Å². The summed E-state index contributed by atoms with van der Waals surface area (Å²) in [4.78, 5) is 11.7. The minimum Gasteiger partial charge on any atom is -0.439 e. The lowest BCUT2D eigenvalue weighted by molar-refractivity contribution is -0.312. The van der Waals surface area contributed by atoms with E-state index < -0.39 is 30.0 Å². The summed E-state index contributed by atoms with van der Waals surface area (Å²) in [5.74, 6) is -1.71. The summed E-state index contributed by atoms with van der Waals surface area (Å²) in [7, 11) is 0. The highest BCUT2D eigenvalue weighted by atomic mass is 19.4. The van der Waals surface area contributed by atoms with Crippen LogP contribution in [0.3, 0.4) is 0 Å². The van der Waals surface area contributed by atoms with Gasteiger partial charge in [-0.3, -0.25) is 0 Å². The molecule has 1 aromatic carbocycles. The van der Waals surface area contributed by atoms with Crippen molar-refractivity contribution in [2.24, 2.45) is 0 Å². The van der Waals surface area contributed by atoms with E-state index in [4.69, 9.17) is 0 Å². The minimum atomic E-state index is -5.75. The van der Waals surface area contributed by atoms with Crippen molar-refractivity contribution in [3.05, 3.63) is 83.5 Å². The lowest BCUT2D eigenvalue weighted by atomic mass is 10.0. The van der Waals surface area contributed by atoms with Gasteiger partial charge in [0.1, 0.15) is 0 Å². The van der Waals surface area contributed by atoms with Gasteiger partial charge in [0.05, 0.1) is 5.57 Å². The molecule has 8 heteroatoms. The minimum absolute atomic E-state index is 0.431. The largest absolute Gasteiger partial charge is 0.439 e. The van der Waals surface area contributed by atoms with E-state index in [2.05, 4.69) is 4.74 Å². The molecular formula is C19H14F6O2. The molecule has 0 unspecified atom stereocenters. The highest BCUT2D eigenvalue weighted by molar-refractivity contribution is 5.92.